The number of sulfonamides is 1. The number of rotatable bonds is 3. The highest BCUT2D eigenvalue weighted by molar-refractivity contribution is 7.89. The van der Waals surface area contributed by atoms with E-state index < -0.39 is 10.0 Å². The van der Waals surface area contributed by atoms with E-state index in [2.05, 4.69) is 0 Å². The maximum absolute atomic E-state index is 13.0. The molecule has 0 spiro atoms. The van der Waals surface area contributed by atoms with Crippen LogP contribution in [-0.4, -0.2) is 38.9 Å². The topological polar surface area (TPSA) is 40.6 Å². The van der Waals surface area contributed by atoms with Gasteiger partial charge < -0.3 is 4.90 Å². The van der Waals surface area contributed by atoms with E-state index in [0.717, 1.165) is 5.69 Å². The van der Waals surface area contributed by atoms with E-state index in [1.807, 2.05) is 4.90 Å². The van der Waals surface area contributed by atoms with Gasteiger partial charge in [0.05, 0.1) is 10.0 Å². The van der Waals surface area contributed by atoms with Crippen LogP contribution in [-0.2, 0) is 10.0 Å². The van der Waals surface area contributed by atoms with Crippen molar-refractivity contribution in [2.24, 2.45) is 0 Å². The molecule has 0 amide bonds. The van der Waals surface area contributed by atoms with Gasteiger partial charge in [0.15, 0.2) is 0 Å². The zero-order valence-corrected chi connectivity index (χ0v) is 15.0. The minimum Gasteiger partial charge on any atom is -0.369 e. The van der Waals surface area contributed by atoms with Crippen LogP contribution in [0.25, 0.3) is 0 Å². The van der Waals surface area contributed by atoms with Crippen molar-refractivity contribution >= 4 is 38.9 Å². The molecule has 0 saturated carbocycles. The number of piperazine rings is 1. The summed E-state index contributed by atoms with van der Waals surface area (Å²) < 4.78 is 39.9. The smallest absolute Gasteiger partial charge is 0.244 e. The molecule has 24 heavy (non-hydrogen) atoms. The molecular weight excluding hydrogens is 374 g/mol. The van der Waals surface area contributed by atoms with Gasteiger partial charge in [0.25, 0.3) is 0 Å². The summed E-state index contributed by atoms with van der Waals surface area (Å²) in [7, 11) is -3.70. The van der Waals surface area contributed by atoms with E-state index >= 15 is 0 Å². The predicted octanol–water partition coefficient (Wildman–Crippen LogP) is 3.64. The molecule has 0 aliphatic carbocycles. The van der Waals surface area contributed by atoms with Gasteiger partial charge in [-0.1, -0.05) is 29.3 Å². The van der Waals surface area contributed by atoms with Gasteiger partial charge in [-0.3, -0.25) is 0 Å². The molecule has 0 aromatic heterocycles. The molecule has 1 saturated heterocycles. The maximum atomic E-state index is 13.0. The van der Waals surface area contributed by atoms with Crippen molar-refractivity contribution in [3.05, 3.63) is 58.3 Å². The molecule has 8 heteroatoms. The third-order valence-corrected chi connectivity index (χ3v) is 6.84. The summed E-state index contributed by atoms with van der Waals surface area (Å²) in [5, 5.41) is 0.253. The van der Waals surface area contributed by atoms with Crippen molar-refractivity contribution in [2.75, 3.05) is 31.1 Å². The molecule has 1 heterocycles. The minimum atomic E-state index is -3.70. The van der Waals surface area contributed by atoms with Crippen LogP contribution >= 0.6 is 23.2 Å². The minimum absolute atomic E-state index is 0.0203. The van der Waals surface area contributed by atoms with Crippen LogP contribution in [0.4, 0.5) is 10.1 Å². The van der Waals surface area contributed by atoms with Crippen molar-refractivity contribution in [1.82, 2.24) is 4.31 Å². The van der Waals surface area contributed by atoms with Crippen molar-refractivity contribution in [3.63, 3.8) is 0 Å². The SMILES string of the molecule is O=S(=O)(c1cccc(Cl)c1Cl)N1CCN(c2ccc(F)cc2)CC1. The molecule has 3 rings (SSSR count). The van der Waals surface area contributed by atoms with E-state index in [4.69, 9.17) is 23.2 Å². The highest BCUT2D eigenvalue weighted by Crippen LogP contribution is 2.31. The number of benzene rings is 2. The first-order chi connectivity index (χ1) is 11.4. The molecule has 4 nitrogen and oxygen atoms in total. The third-order valence-electron chi connectivity index (χ3n) is 3.96. The maximum Gasteiger partial charge on any atom is 0.244 e. The third kappa shape index (κ3) is 3.37. The number of anilines is 1. The van der Waals surface area contributed by atoms with Crippen LogP contribution in [0.5, 0.6) is 0 Å². The first-order valence-electron chi connectivity index (χ1n) is 7.34. The second kappa shape index (κ2) is 6.88. The van der Waals surface area contributed by atoms with Crippen molar-refractivity contribution in [2.45, 2.75) is 4.90 Å². The van der Waals surface area contributed by atoms with Gasteiger partial charge in [0, 0.05) is 31.9 Å². The van der Waals surface area contributed by atoms with Gasteiger partial charge in [-0.2, -0.15) is 4.31 Å². The molecule has 0 atom stereocenters. The fraction of sp³-hybridized carbons (Fsp3) is 0.250. The highest BCUT2D eigenvalue weighted by Gasteiger charge is 2.30. The lowest BCUT2D eigenvalue weighted by Gasteiger charge is -2.35. The fourth-order valence-corrected chi connectivity index (χ4v) is 4.82. The second-order valence-electron chi connectivity index (χ2n) is 5.42. The Morgan fingerprint density at radius 2 is 1.54 bits per heavy atom. The molecule has 0 bridgehead atoms. The Labute approximate surface area is 150 Å². The Morgan fingerprint density at radius 3 is 2.17 bits per heavy atom. The molecular formula is C16H15Cl2FN2O2S. The van der Waals surface area contributed by atoms with Crippen LogP contribution in [0.15, 0.2) is 47.4 Å². The molecule has 1 aliphatic heterocycles. The van der Waals surface area contributed by atoms with Gasteiger partial charge >= 0.3 is 0 Å². The monoisotopic (exact) mass is 388 g/mol. The van der Waals surface area contributed by atoms with Gasteiger partial charge in [-0.15, -0.1) is 0 Å². The van der Waals surface area contributed by atoms with Gasteiger partial charge in [-0.25, -0.2) is 12.8 Å². The Balaban J connectivity index is 1.76. The van der Waals surface area contributed by atoms with Crippen molar-refractivity contribution in [1.29, 1.82) is 0 Å². The summed E-state index contributed by atoms with van der Waals surface area (Å²) in [4.78, 5) is 2.04. The van der Waals surface area contributed by atoms with E-state index in [-0.39, 0.29) is 20.8 Å². The number of halogens is 3. The summed E-state index contributed by atoms with van der Waals surface area (Å²) in [6, 6.07) is 10.7. The summed E-state index contributed by atoms with van der Waals surface area (Å²) in [5.41, 5.74) is 0.870. The zero-order valence-electron chi connectivity index (χ0n) is 12.6. The summed E-state index contributed by atoms with van der Waals surface area (Å²) >= 11 is 12.0. The van der Waals surface area contributed by atoms with Crippen LogP contribution in [0.1, 0.15) is 0 Å². The van der Waals surface area contributed by atoms with Gasteiger partial charge in [0.2, 0.25) is 10.0 Å². The number of hydrogen-bond donors (Lipinski definition) is 0. The van der Waals surface area contributed by atoms with E-state index in [9.17, 15) is 12.8 Å². The standard InChI is InChI=1S/C16H15Cl2FN2O2S/c17-14-2-1-3-15(16(14)18)24(22,23)21-10-8-20(9-11-21)13-6-4-12(19)5-7-13/h1-7H,8-11H2. The van der Waals surface area contributed by atoms with Crippen LogP contribution in [0.2, 0.25) is 10.0 Å². The average molecular weight is 389 g/mol. The Morgan fingerprint density at radius 1 is 0.917 bits per heavy atom. The van der Waals surface area contributed by atoms with Gasteiger partial charge in [-0.05, 0) is 36.4 Å². The highest BCUT2D eigenvalue weighted by atomic mass is 35.5. The van der Waals surface area contributed by atoms with E-state index in [1.54, 1.807) is 24.3 Å². The molecule has 0 unspecified atom stereocenters. The second-order valence-corrected chi connectivity index (χ2v) is 8.11. The zero-order chi connectivity index (χ0) is 17.3. The largest absolute Gasteiger partial charge is 0.369 e. The van der Waals surface area contributed by atoms with Crippen molar-refractivity contribution in [3.8, 4) is 0 Å². The first-order valence-corrected chi connectivity index (χ1v) is 9.54. The molecule has 1 aliphatic rings. The van der Waals surface area contributed by atoms with Gasteiger partial charge in [0.1, 0.15) is 10.7 Å². The lowest BCUT2D eigenvalue weighted by atomic mass is 10.2. The Bertz CT molecular complexity index is 836. The lowest BCUT2D eigenvalue weighted by molar-refractivity contribution is 0.385. The lowest BCUT2D eigenvalue weighted by Crippen LogP contribution is -2.48. The van der Waals surface area contributed by atoms with E-state index in [0.29, 0.717) is 26.2 Å². The predicted molar refractivity (Wildman–Crippen MR) is 93.8 cm³/mol. The Kier molecular flexibility index (Phi) is 5.01. The summed E-state index contributed by atoms with van der Waals surface area (Å²) in [6.45, 7) is 1.68. The molecule has 128 valence electrons. The van der Waals surface area contributed by atoms with Crippen LogP contribution < -0.4 is 4.90 Å². The molecule has 2 aromatic carbocycles. The molecule has 0 N–H and O–H groups in total. The van der Waals surface area contributed by atoms with Crippen molar-refractivity contribution < 1.29 is 12.8 Å². The summed E-state index contributed by atoms with van der Waals surface area (Å²) in [6.07, 6.45) is 0. The first kappa shape index (κ1) is 17.5. The average Bonchev–Trinajstić information content (AvgIpc) is 2.58. The number of nitrogens with zero attached hydrogens (tertiary/aromatic N) is 2. The van der Waals surface area contributed by atoms with Crippen LogP contribution in [0, 0.1) is 5.82 Å². The fourth-order valence-electron chi connectivity index (χ4n) is 2.66. The number of hydrogen-bond acceptors (Lipinski definition) is 3. The molecule has 0 radical (unpaired) electrons. The molecule has 1 fully saturated rings. The summed E-state index contributed by atoms with van der Waals surface area (Å²) in [5.74, 6) is -0.296. The molecule has 2 aromatic rings. The van der Waals surface area contributed by atoms with Crippen LogP contribution in [0.3, 0.4) is 0 Å². The normalized spacial score (nSPS) is 16.4. The Hall–Kier alpha value is -1.34. The quantitative estimate of drug-likeness (QED) is 0.805. The van der Waals surface area contributed by atoms with E-state index in [1.165, 1.54) is 22.5 Å².